The van der Waals surface area contributed by atoms with E-state index in [-0.39, 0.29) is 18.7 Å². The molecule has 0 bridgehead atoms. The summed E-state index contributed by atoms with van der Waals surface area (Å²) in [6.07, 6.45) is 6.07. The molecule has 1 aliphatic rings. The molecule has 2 heterocycles. The van der Waals surface area contributed by atoms with Gasteiger partial charge in [-0.2, -0.15) is 5.10 Å². The highest BCUT2D eigenvalue weighted by Crippen LogP contribution is 2.23. The molecule has 6 heteroatoms. The number of aliphatic hydroxyl groups excluding tert-OH is 1. The van der Waals surface area contributed by atoms with Crippen molar-refractivity contribution >= 4 is 6.09 Å². The number of hydrogen-bond acceptors (Lipinski definition) is 4. The van der Waals surface area contributed by atoms with Crippen molar-refractivity contribution in [3.05, 3.63) is 18.0 Å². The molecular weight excluding hydrogens is 270 g/mol. The van der Waals surface area contributed by atoms with Gasteiger partial charge in [-0.15, -0.1) is 0 Å². The number of aromatic nitrogens is 2. The molecule has 1 atom stereocenters. The van der Waals surface area contributed by atoms with Gasteiger partial charge in [-0.3, -0.25) is 4.68 Å². The number of hydrogen-bond donors (Lipinski definition) is 1. The van der Waals surface area contributed by atoms with E-state index in [4.69, 9.17) is 9.84 Å². The summed E-state index contributed by atoms with van der Waals surface area (Å²) in [5.74, 6) is 0. The van der Waals surface area contributed by atoms with Crippen LogP contribution in [0.5, 0.6) is 0 Å². The monoisotopic (exact) mass is 295 g/mol. The van der Waals surface area contributed by atoms with Crippen LogP contribution >= 0.6 is 0 Å². The average Bonchev–Trinajstić information content (AvgIpc) is 3.03. The molecule has 1 amide bonds. The Bertz CT molecular complexity index is 479. The van der Waals surface area contributed by atoms with Gasteiger partial charge in [0.05, 0.1) is 12.2 Å². The standard InChI is InChI=1S/C15H25N3O3/c1-15(2,3)21-14(20)17-7-6-13(11-17)18-10-12(9-16-18)5-4-8-19/h9-10,13,19H,4-8,11H2,1-3H3. The summed E-state index contributed by atoms with van der Waals surface area (Å²) >= 11 is 0. The van der Waals surface area contributed by atoms with Gasteiger partial charge in [0, 0.05) is 25.9 Å². The second-order valence-electron chi connectivity index (χ2n) is 6.52. The van der Waals surface area contributed by atoms with E-state index in [9.17, 15) is 4.79 Å². The first-order valence-corrected chi connectivity index (χ1v) is 7.51. The Morgan fingerprint density at radius 2 is 2.29 bits per heavy atom. The van der Waals surface area contributed by atoms with Crippen molar-refractivity contribution in [1.29, 1.82) is 0 Å². The van der Waals surface area contributed by atoms with Gasteiger partial charge in [0.2, 0.25) is 0 Å². The maximum absolute atomic E-state index is 12.0. The highest BCUT2D eigenvalue weighted by Gasteiger charge is 2.30. The van der Waals surface area contributed by atoms with E-state index in [0.29, 0.717) is 13.1 Å². The van der Waals surface area contributed by atoms with Crippen LogP contribution in [0.25, 0.3) is 0 Å². The van der Waals surface area contributed by atoms with E-state index < -0.39 is 5.60 Å². The summed E-state index contributed by atoms with van der Waals surface area (Å²) in [5.41, 5.74) is 0.665. The number of nitrogens with zero attached hydrogens (tertiary/aromatic N) is 3. The van der Waals surface area contributed by atoms with Gasteiger partial charge < -0.3 is 14.7 Å². The molecule has 21 heavy (non-hydrogen) atoms. The molecule has 0 aromatic carbocycles. The minimum atomic E-state index is -0.460. The molecule has 0 aliphatic carbocycles. The molecule has 1 aromatic heterocycles. The zero-order valence-corrected chi connectivity index (χ0v) is 13.1. The Labute approximate surface area is 125 Å². The quantitative estimate of drug-likeness (QED) is 0.922. The highest BCUT2D eigenvalue weighted by atomic mass is 16.6. The molecule has 1 unspecified atom stereocenters. The van der Waals surface area contributed by atoms with Gasteiger partial charge in [-0.25, -0.2) is 4.79 Å². The maximum Gasteiger partial charge on any atom is 0.410 e. The summed E-state index contributed by atoms with van der Waals surface area (Å²) in [7, 11) is 0. The fraction of sp³-hybridized carbons (Fsp3) is 0.733. The fourth-order valence-corrected chi connectivity index (χ4v) is 2.44. The second kappa shape index (κ2) is 6.47. The molecular formula is C15H25N3O3. The normalized spacial score (nSPS) is 19.0. The average molecular weight is 295 g/mol. The van der Waals surface area contributed by atoms with Crippen molar-refractivity contribution in [2.75, 3.05) is 19.7 Å². The minimum absolute atomic E-state index is 0.195. The molecule has 0 radical (unpaired) electrons. The molecule has 2 rings (SSSR count). The van der Waals surface area contributed by atoms with Crippen LogP contribution in [0.15, 0.2) is 12.4 Å². The Kier molecular flexibility index (Phi) is 4.88. The number of rotatable bonds is 4. The topological polar surface area (TPSA) is 67.6 Å². The molecule has 1 aromatic rings. The largest absolute Gasteiger partial charge is 0.444 e. The van der Waals surface area contributed by atoms with Crippen molar-refractivity contribution in [3.63, 3.8) is 0 Å². The van der Waals surface area contributed by atoms with Crippen LogP contribution in [0.2, 0.25) is 0 Å². The zero-order chi connectivity index (χ0) is 15.5. The van der Waals surface area contributed by atoms with Crippen LogP contribution in [-0.2, 0) is 11.2 Å². The molecule has 0 saturated carbocycles. The summed E-state index contributed by atoms with van der Waals surface area (Å²) in [5, 5.41) is 13.2. The lowest BCUT2D eigenvalue weighted by Crippen LogP contribution is -2.35. The second-order valence-corrected chi connectivity index (χ2v) is 6.52. The van der Waals surface area contributed by atoms with E-state index in [1.807, 2.05) is 37.8 Å². The molecule has 6 nitrogen and oxygen atoms in total. The van der Waals surface area contributed by atoms with Crippen LogP contribution < -0.4 is 0 Å². The van der Waals surface area contributed by atoms with Crippen LogP contribution in [0.3, 0.4) is 0 Å². The van der Waals surface area contributed by atoms with Gasteiger partial charge in [0.1, 0.15) is 5.60 Å². The highest BCUT2D eigenvalue weighted by molar-refractivity contribution is 5.68. The molecule has 1 saturated heterocycles. The summed E-state index contributed by atoms with van der Waals surface area (Å²) in [6, 6.07) is 0.209. The predicted molar refractivity (Wildman–Crippen MR) is 79.1 cm³/mol. The van der Waals surface area contributed by atoms with Crippen molar-refractivity contribution in [2.24, 2.45) is 0 Å². The van der Waals surface area contributed by atoms with Crippen molar-refractivity contribution in [2.45, 2.75) is 51.7 Å². The van der Waals surface area contributed by atoms with E-state index in [2.05, 4.69) is 5.10 Å². The summed E-state index contributed by atoms with van der Waals surface area (Å²) < 4.78 is 7.32. The first kappa shape index (κ1) is 15.8. The van der Waals surface area contributed by atoms with Crippen molar-refractivity contribution in [1.82, 2.24) is 14.7 Å². The summed E-state index contributed by atoms with van der Waals surface area (Å²) in [4.78, 5) is 13.8. The molecule has 1 aliphatic heterocycles. The van der Waals surface area contributed by atoms with Crippen LogP contribution in [0, 0.1) is 0 Å². The zero-order valence-electron chi connectivity index (χ0n) is 13.1. The molecule has 0 spiro atoms. The lowest BCUT2D eigenvalue weighted by molar-refractivity contribution is 0.0288. The van der Waals surface area contributed by atoms with E-state index in [1.165, 1.54) is 0 Å². The fourth-order valence-electron chi connectivity index (χ4n) is 2.44. The number of amides is 1. The van der Waals surface area contributed by atoms with E-state index >= 15 is 0 Å². The minimum Gasteiger partial charge on any atom is -0.444 e. The van der Waals surface area contributed by atoms with Gasteiger partial charge >= 0.3 is 6.09 Å². The van der Waals surface area contributed by atoms with Crippen molar-refractivity contribution < 1.29 is 14.6 Å². The predicted octanol–water partition coefficient (Wildman–Crippen LogP) is 1.99. The van der Waals surface area contributed by atoms with Gasteiger partial charge in [0.25, 0.3) is 0 Å². The maximum atomic E-state index is 12.0. The van der Waals surface area contributed by atoms with Gasteiger partial charge in [-0.05, 0) is 45.6 Å². The third-order valence-corrected chi connectivity index (χ3v) is 3.47. The lowest BCUT2D eigenvalue weighted by atomic mass is 10.2. The van der Waals surface area contributed by atoms with Crippen LogP contribution in [-0.4, -0.2) is 51.2 Å². The molecule has 1 N–H and O–H groups in total. The number of likely N-dealkylation sites (tertiary alicyclic amines) is 1. The van der Waals surface area contributed by atoms with Crippen LogP contribution in [0.4, 0.5) is 4.79 Å². The van der Waals surface area contributed by atoms with E-state index in [0.717, 1.165) is 24.8 Å². The molecule has 118 valence electrons. The smallest absolute Gasteiger partial charge is 0.410 e. The first-order chi connectivity index (χ1) is 9.89. The van der Waals surface area contributed by atoms with Gasteiger partial charge in [-0.1, -0.05) is 0 Å². The number of carbonyl (C=O) groups is 1. The number of ether oxygens (including phenoxy) is 1. The summed E-state index contributed by atoms with van der Waals surface area (Å²) in [6.45, 7) is 7.15. The molecule has 1 fully saturated rings. The lowest BCUT2D eigenvalue weighted by Gasteiger charge is -2.24. The number of aliphatic hydroxyl groups is 1. The Morgan fingerprint density at radius 1 is 1.52 bits per heavy atom. The third-order valence-electron chi connectivity index (χ3n) is 3.47. The Morgan fingerprint density at radius 3 is 2.95 bits per heavy atom. The van der Waals surface area contributed by atoms with Gasteiger partial charge in [0.15, 0.2) is 0 Å². The third kappa shape index (κ3) is 4.46. The van der Waals surface area contributed by atoms with Crippen LogP contribution in [0.1, 0.15) is 45.2 Å². The van der Waals surface area contributed by atoms with E-state index in [1.54, 1.807) is 4.90 Å². The number of carbonyl (C=O) groups excluding carboxylic acids is 1. The Hall–Kier alpha value is -1.56. The number of aryl methyl sites for hydroxylation is 1. The first-order valence-electron chi connectivity index (χ1n) is 7.51. The Balaban J connectivity index is 1.90. The van der Waals surface area contributed by atoms with Crippen molar-refractivity contribution in [3.8, 4) is 0 Å². The SMILES string of the molecule is CC(C)(C)OC(=O)N1CCC(n2cc(CCCO)cn2)C1.